The Morgan fingerprint density at radius 3 is 2.59 bits per heavy atom. The summed E-state index contributed by atoms with van der Waals surface area (Å²) in [4.78, 5) is 16.5. The first kappa shape index (κ1) is 13.0. The summed E-state index contributed by atoms with van der Waals surface area (Å²) < 4.78 is 0. The quantitative estimate of drug-likeness (QED) is 0.599. The van der Waals surface area contributed by atoms with Crippen molar-refractivity contribution < 1.29 is 0 Å². The molecule has 4 rings (SSSR count). The van der Waals surface area contributed by atoms with E-state index in [0.717, 1.165) is 33.8 Å². The van der Waals surface area contributed by atoms with Gasteiger partial charge in [0, 0.05) is 10.6 Å². The van der Waals surface area contributed by atoms with Gasteiger partial charge in [0.15, 0.2) is 5.82 Å². The van der Waals surface area contributed by atoms with E-state index in [1.54, 1.807) is 6.33 Å². The maximum Gasteiger partial charge on any atom is 0.157 e. The summed E-state index contributed by atoms with van der Waals surface area (Å²) in [6.07, 6.45) is 1.54. The molecule has 0 aliphatic heterocycles. The summed E-state index contributed by atoms with van der Waals surface area (Å²) >= 11 is 6.04. The molecule has 106 valence electrons. The van der Waals surface area contributed by atoms with Gasteiger partial charge < -0.3 is 4.98 Å². The Morgan fingerprint density at radius 2 is 1.73 bits per heavy atom. The van der Waals surface area contributed by atoms with E-state index in [-0.39, 0.29) is 0 Å². The molecule has 0 unspecified atom stereocenters. The van der Waals surface area contributed by atoms with Crippen LogP contribution < -0.4 is 0 Å². The zero-order chi connectivity index (χ0) is 14.9. The number of halogens is 1. The van der Waals surface area contributed by atoms with Crippen molar-refractivity contribution in [1.29, 1.82) is 0 Å². The van der Waals surface area contributed by atoms with Crippen LogP contribution in [0.3, 0.4) is 0 Å². The third-order valence-corrected chi connectivity index (χ3v) is 3.65. The van der Waals surface area contributed by atoms with E-state index in [2.05, 4.69) is 19.9 Å². The predicted molar refractivity (Wildman–Crippen MR) is 87.6 cm³/mol. The number of hydrogen-bond acceptors (Lipinski definition) is 3. The Balaban J connectivity index is 1.81. The van der Waals surface area contributed by atoms with E-state index in [0.29, 0.717) is 5.02 Å². The lowest BCUT2D eigenvalue weighted by Crippen LogP contribution is -1.90. The number of nitrogens with zero attached hydrogens (tertiary/aromatic N) is 3. The van der Waals surface area contributed by atoms with Crippen molar-refractivity contribution in [2.24, 2.45) is 0 Å². The van der Waals surface area contributed by atoms with Gasteiger partial charge in [0.1, 0.15) is 12.0 Å². The molecular weight excluding hydrogens is 296 g/mol. The third-order valence-electron chi connectivity index (χ3n) is 3.42. The number of para-hydroxylation sites is 2. The number of imidazole rings is 1. The monoisotopic (exact) mass is 306 g/mol. The first-order chi connectivity index (χ1) is 10.8. The Kier molecular flexibility index (Phi) is 3.09. The fourth-order valence-electron chi connectivity index (χ4n) is 2.37. The average Bonchev–Trinajstić information content (AvgIpc) is 2.99. The van der Waals surface area contributed by atoms with Gasteiger partial charge in [-0.25, -0.2) is 15.0 Å². The standard InChI is InChI=1S/C17H11ClN4/c18-12-5-3-4-11(8-12)15-9-16(20-10-19-15)17-21-13-6-1-2-7-14(13)22-17/h1-10H,(H,21,22). The summed E-state index contributed by atoms with van der Waals surface area (Å²) in [6.45, 7) is 0. The van der Waals surface area contributed by atoms with Crippen LogP contribution in [0.5, 0.6) is 0 Å². The third kappa shape index (κ3) is 2.34. The van der Waals surface area contributed by atoms with Gasteiger partial charge in [-0.15, -0.1) is 0 Å². The molecule has 2 heterocycles. The van der Waals surface area contributed by atoms with Crippen LogP contribution in [0.4, 0.5) is 0 Å². The van der Waals surface area contributed by atoms with Gasteiger partial charge in [0.05, 0.1) is 16.7 Å². The van der Waals surface area contributed by atoms with Crippen molar-refractivity contribution in [3.8, 4) is 22.8 Å². The van der Waals surface area contributed by atoms with Gasteiger partial charge in [-0.3, -0.25) is 0 Å². The van der Waals surface area contributed by atoms with Gasteiger partial charge in [0.2, 0.25) is 0 Å². The topological polar surface area (TPSA) is 54.5 Å². The molecule has 0 aliphatic rings. The lowest BCUT2D eigenvalue weighted by atomic mass is 10.1. The number of fused-ring (bicyclic) bond motifs is 1. The molecule has 0 saturated carbocycles. The molecule has 2 aromatic heterocycles. The predicted octanol–water partition coefficient (Wildman–Crippen LogP) is 4.34. The van der Waals surface area contributed by atoms with E-state index in [4.69, 9.17) is 11.6 Å². The maximum absolute atomic E-state index is 6.04. The molecule has 0 atom stereocenters. The van der Waals surface area contributed by atoms with Crippen LogP contribution in [0.25, 0.3) is 33.8 Å². The van der Waals surface area contributed by atoms with Crippen LogP contribution in [-0.4, -0.2) is 19.9 Å². The minimum atomic E-state index is 0.682. The van der Waals surface area contributed by atoms with E-state index in [9.17, 15) is 0 Å². The second-order valence-electron chi connectivity index (χ2n) is 4.90. The molecule has 2 aromatic carbocycles. The summed E-state index contributed by atoms with van der Waals surface area (Å²) in [5, 5.41) is 0.682. The molecule has 22 heavy (non-hydrogen) atoms. The van der Waals surface area contributed by atoms with Crippen LogP contribution in [-0.2, 0) is 0 Å². The SMILES string of the molecule is Clc1cccc(-c2cc(-c3nc4ccccc4[nH]3)ncn2)c1. The number of benzene rings is 2. The molecule has 0 amide bonds. The number of H-pyrrole nitrogens is 1. The molecule has 0 saturated heterocycles. The van der Waals surface area contributed by atoms with Crippen molar-refractivity contribution in [3.05, 3.63) is 65.9 Å². The zero-order valence-corrected chi connectivity index (χ0v) is 12.2. The van der Waals surface area contributed by atoms with Crippen molar-refractivity contribution >= 4 is 22.6 Å². The number of hydrogen-bond donors (Lipinski definition) is 1. The van der Waals surface area contributed by atoms with Gasteiger partial charge >= 0.3 is 0 Å². The molecule has 4 aromatic rings. The van der Waals surface area contributed by atoms with E-state index in [1.807, 2.05) is 54.6 Å². The highest BCUT2D eigenvalue weighted by Gasteiger charge is 2.08. The van der Waals surface area contributed by atoms with Crippen LogP contribution in [0, 0.1) is 0 Å². The summed E-state index contributed by atoms with van der Waals surface area (Å²) in [5.41, 5.74) is 4.42. The van der Waals surface area contributed by atoms with Gasteiger partial charge in [-0.1, -0.05) is 35.9 Å². The van der Waals surface area contributed by atoms with Crippen LogP contribution in [0.1, 0.15) is 0 Å². The maximum atomic E-state index is 6.04. The van der Waals surface area contributed by atoms with Crippen LogP contribution >= 0.6 is 11.6 Å². The summed E-state index contributed by atoms with van der Waals surface area (Å²) in [7, 11) is 0. The minimum absolute atomic E-state index is 0.682. The van der Waals surface area contributed by atoms with Crippen molar-refractivity contribution in [3.63, 3.8) is 0 Å². The Morgan fingerprint density at radius 1 is 0.864 bits per heavy atom. The van der Waals surface area contributed by atoms with Crippen molar-refractivity contribution in [2.45, 2.75) is 0 Å². The fraction of sp³-hybridized carbons (Fsp3) is 0. The largest absolute Gasteiger partial charge is 0.337 e. The second-order valence-corrected chi connectivity index (χ2v) is 5.34. The van der Waals surface area contributed by atoms with E-state index >= 15 is 0 Å². The molecule has 0 aliphatic carbocycles. The first-order valence-corrected chi connectivity index (χ1v) is 7.20. The van der Waals surface area contributed by atoms with Crippen LogP contribution in [0.15, 0.2) is 60.9 Å². The summed E-state index contributed by atoms with van der Waals surface area (Å²) in [5.74, 6) is 0.729. The number of rotatable bonds is 2. The summed E-state index contributed by atoms with van der Waals surface area (Å²) in [6, 6.07) is 17.4. The molecule has 1 N–H and O–H groups in total. The molecule has 0 fully saturated rings. The average molecular weight is 307 g/mol. The van der Waals surface area contributed by atoms with E-state index < -0.39 is 0 Å². The highest BCUT2D eigenvalue weighted by molar-refractivity contribution is 6.30. The van der Waals surface area contributed by atoms with E-state index in [1.165, 1.54) is 0 Å². The highest BCUT2D eigenvalue weighted by atomic mass is 35.5. The van der Waals surface area contributed by atoms with Crippen LogP contribution in [0.2, 0.25) is 5.02 Å². The van der Waals surface area contributed by atoms with Gasteiger partial charge in [-0.05, 0) is 30.3 Å². The van der Waals surface area contributed by atoms with Crippen molar-refractivity contribution in [1.82, 2.24) is 19.9 Å². The highest BCUT2D eigenvalue weighted by Crippen LogP contribution is 2.24. The smallest absolute Gasteiger partial charge is 0.157 e. The Hall–Kier alpha value is -2.72. The molecule has 0 bridgehead atoms. The number of aromatic amines is 1. The molecule has 0 radical (unpaired) electrons. The van der Waals surface area contributed by atoms with Crippen molar-refractivity contribution in [2.75, 3.05) is 0 Å². The molecule has 5 heteroatoms. The number of nitrogens with one attached hydrogen (secondary N) is 1. The fourth-order valence-corrected chi connectivity index (χ4v) is 2.56. The lowest BCUT2D eigenvalue weighted by molar-refractivity contribution is 1.15. The normalized spacial score (nSPS) is 11.0. The Labute approximate surface area is 131 Å². The van der Waals surface area contributed by atoms with Gasteiger partial charge in [0.25, 0.3) is 0 Å². The first-order valence-electron chi connectivity index (χ1n) is 6.83. The molecular formula is C17H11ClN4. The Bertz CT molecular complexity index is 928. The minimum Gasteiger partial charge on any atom is -0.337 e. The number of aromatic nitrogens is 4. The molecule has 4 nitrogen and oxygen atoms in total. The molecule has 0 spiro atoms. The van der Waals surface area contributed by atoms with Gasteiger partial charge in [-0.2, -0.15) is 0 Å². The zero-order valence-electron chi connectivity index (χ0n) is 11.5. The lowest BCUT2D eigenvalue weighted by Gasteiger charge is -2.02. The second kappa shape index (κ2) is 5.24.